The van der Waals surface area contributed by atoms with Gasteiger partial charge < -0.3 is 15.1 Å². The quantitative estimate of drug-likeness (QED) is 0.714. The highest BCUT2D eigenvalue weighted by molar-refractivity contribution is 5.91. The van der Waals surface area contributed by atoms with Gasteiger partial charge in [-0.1, -0.05) is 74.5 Å². The summed E-state index contributed by atoms with van der Waals surface area (Å²) >= 11 is 0. The molecule has 0 spiro atoms. The number of hydrazine groups is 1. The fraction of sp³-hybridized carbons (Fsp3) is 0.423. The zero-order valence-corrected chi connectivity index (χ0v) is 20.1. The maximum absolute atomic E-state index is 13.5. The van der Waals surface area contributed by atoms with Crippen molar-refractivity contribution in [1.82, 2.24) is 25.1 Å². The minimum absolute atomic E-state index is 0.0397. The second kappa shape index (κ2) is 10.3. The Morgan fingerprint density at radius 2 is 1.62 bits per heavy atom. The first kappa shape index (κ1) is 23.8. The Kier molecular flexibility index (Phi) is 7.17. The maximum Gasteiger partial charge on any atom is 0.334 e. The average Bonchev–Trinajstić information content (AvgIpc) is 2.81. The minimum atomic E-state index is -0.648. The van der Waals surface area contributed by atoms with Gasteiger partial charge in [0.15, 0.2) is 0 Å². The molecule has 0 aromatic heterocycles. The molecule has 0 bridgehead atoms. The molecule has 4 rings (SSSR count). The van der Waals surface area contributed by atoms with E-state index in [1.165, 1.54) is 0 Å². The summed E-state index contributed by atoms with van der Waals surface area (Å²) in [6.45, 7) is 5.41. The van der Waals surface area contributed by atoms with Crippen LogP contribution in [0.1, 0.15) is 25.0 Å². The molecule has 8 heteroatoms. The summed E-state index contributed by atoms with van der Waals surface area (Å²) in [5, 5.41) is 6.24. The monoisotopic (exact) mass is 463 g/mol. The number of benzene rings is 2. The van der Waals surface area contributed by atoms with Crippen molar-refractivity contribution in [3.8, 4) is 0 Å². The molecular formula is C26H33N5O3. The summed E-state index contributed by atoms with van der Waals surface area (Å²) in [6, 6.07) is 18.5. The SMILES string of the molecule is CC(C)CN1C[C@H]2N(C(=O)CN(C)N2C(=O)NCc2ccccc2)[C@@H](Cc2ccccc2)C1=O. The van der Waals surface area contributed by atoms with Crippen molar-refractivity contribution in [2.75, 3.05) is 26.7 Å². The van der Waals surface area contributed by atoms with E-state index in [1.54, 1.807) is 22.0 Å². The van der Waals surface area contributed by atoms with Crippen LogP contribution < -0.4 is 5.32 Å². The molecular weight excluding hydrogens is 430 g/mol. The lowest BCUT2D eigenvalue weighted by molar-refractivity contribution is -0.187. The van der Waals surface area contributed by atoms with E-state index >= 15 is 0 Å². The number of fused-ring (bicyclic) bond motifs is 1. The van der Waals surface area contributed by atoms with Crippen LogP contribution in [0.25, 0.3) is 0 Å². The number of hydrogen-bond donors (Lipinski definition) is 1. The number of piperazine rings is 1. The van der Waals surface area contributed by atoms with Crippen molar-refractivity contribution in [2.45, 2.75) is 39.0 Å². The third-order valence-electron chi connectivity index (χ3n) is 6.29. The third-order valence-corrected chi connectivity index (χ3v) is 6.29. The summed E-state index contributed by atoms with van der Waals surface area (Å²) in [5.74, 6) is 0.0692. The van der Waals surface area contributed by atoms with E-state index < -0.39 is 12.2 Å². The van der Waals surface area contributed by atoms with Crippen molar-refractivity contribution in [1.29, 1.82) is 0 Å². The number of hydrogen-bond acceptors (Lipinski definition) is 4. The highest BCUT2D eigenvalue weighted by Gasteiger charge is 2.50. The van der Waals surface area contributed by atoms with Gasteiger partial charge in [0.25, 0.3) is 0 Å². The molecule has 1 N–H and O–H groups in total. The molecule has 2 aliphatic heterocycles. The predicted molar refractivity (Wildman–Crippen MR) is 129 cm³/mol. The van der Waals surface area contributed by atoms with Crippen LogP contribution in [-0.4, -0.2) is 76.6 Å². The lowest BCUT2D eigenvalue weighted by atomic mass is 9.98. The summed E-state index contributed by atoms with van der Waals surface area (Å²) < 4.78 is 0. The number of carbonyl (C=O) groups excluding carboxylic acids is 3. The number of amides is 4. The second-order valence-electron chi connectivity index (χ2n) is 9.43. The molecule has 2 aromatic carbocycles. The van der Waals surface area contributed by atoms with Crippen LogP contribution in [0.3, 0.4) is 0 Å². The zero-order chi connectivity index (χ0) is 24.2. The Balaban J connectivity index is 1.62. The smallest absolute Gasteiger partial charge is 0.334 e. The Bertz CT molecular complexity index is 1010. The largest absolute Gasteiger partial charge is 0.337 e. The first-order chi connectivity index (χ1) is 16.3. The third kappa shape index (κ3) is 5.07. The summed E-state index contributed by atoms with van der Waals surface area (Å²) in [5.41, 5.74) is 1.98. The average molecular weight is 464 g/mol. The molecule has 0 radical (unpaired) electrons. The molecule has 2 fully saturated rings. The van der Waals surface area contributed by atoms with Gasteiger partial charge in [-0.05, 0) is 17.0 Å². The number of carbonyl (C=O) groups is 3. The molecule has 2 atom stereocenters. The first-order valence-electron chi connectivity index (χ1n) is 11.8. The van der Waals surface area contributed by atoms with E-state index in [9.17, 15) is 14.4 Å². The summed E-state index contributed by atoms with van der Waals surface area (Å²) in [6.07, 6.45) is -0.146. The molecule has 0 unspecified atom stereocenters. The topological polar surface area (TPSA) is 76.2 Å². The summed E-state index contributed by atoms with van der Waals surface area (Å²) in [4.78, 5) is 43.5. The van der Waals surface area contributed by atoms with Gasteiger partial charge in [-0.2, -0.15) is 0 Å². The van der Waals surface area contributed by atoms with Crippen molar-refractivity contribution in [3.05, 3.63) is 71.8 Å². The first-order valence-corrected chi connectivity index (χ1v) is 11.8. The number of nitrogens with one attached hydrogen (secondary N) is 1. The van der Waals surface area contributed by atoms with Crippen LogP contribution in [-0.2, 0) is 22.6 Å². The van der Waals surface area contributed by atoms with Gasteiger partial charge in [0, 0.05) is 26.6 Å². The van der Waals surface area contributed by atoms with Crippen LogP contribution >= 0.6 is 0 Å². The standard InChI is InChI=1S/C26H33N5O3/c1-19(2)16-29-17-23-30(22(25(29)33)14-20-10-6-4-7-11-20)24(32)18-28(3)31(23)26(34)27-15-21-12-8-5-9-13-21/h4-13,19,22-23H,14-18H2,1-3H3,(H,27,34)/t22-,23-/m0/s1. The lowest BCUT2D eigenvalue weighted by Gasteiger charge is -2.54. The Morgan fingerprint density at radius 3 is 2.24 bits per heavy atom. The van der Waals surface area contributed by atoms with Crippen molar-refractivity contribution in [3.63, 3.8) is 0 Å². The zero-order valence-electron chi connectivity index (χ0n) is 20.1. The predicted octanol–water partition coefficient (Wildman–Crippen LogP) is 2.32. The van der Waals surface area contributed by atoms with Gasteiger partial charge >= 0.3 is 6.03 Å². The van der Waals surface area contributed by atoms with Gasteiger partial charge in [-0.15, -0.1) is 0 Å². The molecule has 34 heavy (non-hydrogen) atoms. The number of nitrogens with zero attached hydrogens (tertiary/aromatic N) is 4. The molecule has 8 nitrogen and oxygen atoms in total. The summed E-state index contributed by atoms with van der Waals surface area (Å²) in [7, 11) is 1.74. The second-order valence-corrected chi connectivity index (χ2v) is 9.43. The van der Waals surface area contributed by atoms with Gasteiger partial charge in [0.05, 0.1) is 13.1 Å². The highest BCUT2D eigenvalue weighted by Crippen LogP contribution is 2.28. The normalized spacial score (nSPS) is 21.1. The van der Waals surface area contributed by atoms with Crippen LogP contribution in [0.4, 0.5) is 4.79 Å². The number of rotatable bonds is 6. The minimum Gasteiger partial charge on any atom is -0.337 e. The van der Waals surface area contributed by atoms with E-state index in [4.69, 9.17) is 0 Å². The Morgan fingerprint density at radius 1 is 1.00 bits per heavy atom. The van der Waals surface area contributed by atoms with Crippen LogP contribution in [0.5, 0.6) is 0 Å². The molecule has 2 aromatic rings. The maximum atomic E-state index is 13.5. The van der Waals surface area contributed by atoms with E-state index in [0.29, 0.717) is 19.5 Å². The van der Waals surface area contributed by atoms with Gasteiger partial charge in [-0.3, -0.25) is 9.59 Å². The van der Waals surface area contributed by atoms with Crippen LogP contribution in [0.2, 0.25) is 0 Å². The van der Waals surface area contributed by atoms with E-state index in [1.807, 2.05) is 65.6 Å². The molecule has 0 saturated carbocycles. The molecule has 4 amide bonds. The fourth-order valence-electron chi connectivity index (χ4n) is 4.80. The van der Waals surface area contributed by atoms with Crippen molar-refractivity contribution in [2.24, 2.45) is 5.92 Å². The van der Waals surface area contributed by atoms with Crippen LogP contribution in [0, 0.1) is 5.92 Å². The molecule has 180 valence electrons. The fourth-order valence-corrected chi connectivity index (χ4v) is 4.80. The van der Waals surface area contributed by atoms with E-state index in [-0.39, 0.29) is 36.9 Å². The van der Waals surface area contributed by atoms with Gasteiger partial charge in [0.2, 0.25) is 11.8 Å². The van der Waals surface area contributed by atoms with Crippen LogP contribution in [0.15, 0.2) is 60.7 Å². The molecule has 2 heterocycles. The van der Waals surface area contributed by atoms with Crippen molar-refractivity contribution >= 4 is 17.8 Å². The highest BCUT2D eigenvalue weighted by atomic mass is 16.2. The lowest BCUT2D eigenvalue weighted by Crippen LogP contribution is -2.76. The Hall–Kier alpha value is -3.39. The molecule has 2 aliphatic rings. The number of likely N-dealkylation sites (N-methyl/N-ethyl adjacent to an activating group) is 1. The van der Waals surface area contributed by atoms with Gasteiger partial charge in [-0.25, -0.2) is 14.8 Å². The van der Waals surface area contributed by atoms with E-state index in [2.05, 4.69) is 19.2 Å². The Labute approximate surface area is 201 Å². The molecule has 2 saturated heterocycles. The number of urea groups is 1. The van der Waals surface area contributed by atoms with Gasteiger partial charge in [0.1, 0.15) is 12.2 Å². The van der Waals surface area contributed by atoms with Crippen molar-refractivity contribution < 1.29 is 14.4 Å². The van der Waals surface area contributed by atoms with E-state index in [0.717, 1.165) is 11.1 Å². The molecule has 0 aliphatic carbocycles.